The van der Waals surface area contributed by atoms with Crippen molar-refractivity contribution in [3.05, 3.63) is 67.3 Å². The van der Waals surface area contributed by atoms with Gasteiger partial charge in [0.2, 0.25) is 0 Å². The Hall–Kier alpha value is -2.50. The van der Waals surface area contributed by atoms with E-state index >= 15 is 0 Å². The summed E-state index contributed by atoms with van der Waals surface area (Å²) in [5, 5.41) is 10.3. The summed E-state index contributed by atoms with van der Waals surface area (Å²) < 4.78 is 5.96. The number of benzene rings is 1. The van der Waals surface area contributed by atoms with Crippen LogP contribution in [0.3, 0.4) is 0 Å². The van der Waals surface area contributed by atoms with Crippen LogP contribution in [0.25, 0.3) is 22.3 Å². The van der Waals surface area contributed by atoms with Crippen LogP contribution in [0.5, 0.6) is 0 Å². The number of aromatic nitrogens is 2. The summed E-state index contributed by atoms with van der Waals surface area (Å²) in [4.78, 5) is 8.45. The molecule has 0 saturated heterocycles. The Morgan fingerprint density at radius 3 is 1.74 bits per heavy atom. The van der Waals surface area contributed by atoms with Gasteiger partial charge < -0.3 is 9.76 Å². The monoisotopic (exact) mass is 359 g/mol. The second-order valence-electron chi connectivity index (χ2n) is 7.63. The van der Waals surface area contributed by atoms with Crippen LogP contribution in [0, 0.1) is 0 Å². The van der Waals surface area contributed by atoms with Gasteiger partial charge in [0, 0.05) is 24.8 Å². The second kappa shape index (κ2) is 7.63. The number of rotatable bonds is 6. The van der Waals surface area contributed by atoms with Gasteiger partial charge in [0.15, 0.2) is 0 Å². The zero-order chi connectivity index (χ0) is 19.5. The average Bonchev–Trinajstić information content (AvgIpc) is 2.67. The maximum atomic E-state index is 10.3. The molecule has 0 amide bonds. The Morgan fingerprint density at radius 2 is 1.33 bits per heavy atom. The Labute approximate surface area is 161 Å². The zero-order valence-electron chi connectivity index (χ0n) is 16.2. The average molecular weight is 359 g/mol. The van der Waals surface area contributed by atoms with Gasteiger partial charge in [0.1, 0.15) is 0 Å². The molecular weight excluding hydrogens is 335 g/mol. The molecule has 137 valence electrons. The quantitative estimate of drug-likeness (QED) is 0.683. The van der Waals surface area contributed by atoms with Gasteiger partial charge in [-0.25, -0.2) is 0 Å². The fourth-order valence-electron chi connectivity index (χ4n) is 2.48. The first kappa shape index (κ1) is 19.3. The molecule has 0 bridgehead atoms. The number of pyridine rings is 2. The van der Waals surface area contributed by atoms with E-state index in [1.54, 1.807) is 33.7 Å². The van der Waals surface area contributed by atoms with Crippen molar-refractivity contribution in [1.29, 1.82) is 0 Å². The van der Waals surface area contributed by atoms with Crippen molar-refractivity contribution in [3.63, 3.8) is 0 Å². The molecule has 1 aromatic carbocycles. The summed E-state index contributed by atoms with van der Waals surface area (Å²) in [5.41, 5.74) is 3.34. The third-order valence-electron chi connectivity index (χ3n) is 4.91. The summed E-state index contributed by atoms with van der Waals surface area (Å²) in [6.07, 6.45) is 7.20. The summed E-state index contributed by atoms with van der Waals surface area (Å²) in [5.74, 6) is 0. The van der Waals surface area contributed by atoms with E-state index in [2.05, 4.69) is 28.2 Å². The predicted octanol–water partition coefficient (Wildman–Crippen LogP) is 3.62. The lowest BCUT2D eigenvalue weighted by Gasteiger charge is -2.37. The van der Waals surface area contributed by atoms with E-state index in [1.165, 1.54) is 0 Å². The van der Waals surface area contributed by atoms with Gasteiger partial charge in [-0.3, -0.25) is 9.97 Å². The standard InChI is InChI=1S/C22H24BN2O2/c1-21(2,26)22(3,4)27-23-20-12-18(16-7-5-9-24-14-16)11-19(13-20)17-8-6-10-25-15-17/h5-15,26H,1-4H3. The third kappa shape index (κ3) is 4.62. The second-order valence-corrected chi connectivity index (χ2v) is 7.63. The molecule has 2 heterocycles. The van der Waals surface area contributed by atoms with Crippen molar-refractivity contribution < 1.29 is 9.76 Å². The van der Waals surface area contributed by atoms with Crippen LogP contribution in [-0.4, -0.2) is 33.8 Å². The predicted molar refractivity (Wildman–Crippen MR) is 110 cm³/mol. The normalized spacial score (nSPS) is 12.0. The molecule has 0 aliphatic carbocycles. The maximum absolute atomic E-state index is 10.3. The lowest BCUT2D eigenvalue weighted by molar-refractivity contribution is -0.0893. The fraction of sp³-hybridized carbons (Fsp3) is 0.273. The molecule has 0 fully saturated rings. The zero-order valence-corrected chi connectivity index (χ0v) is 16.2. The molecule has 3 aromatic rings. The Balaban J connectivity index is 1.98. The number of hydrogen-bond acceptors (Lipinski definition) is 4. The van der Waals surface area contributed by atoms with Crippen LogP contribution < -0.4 is 5.46 Å². The van der Waals surface area contributed by atoms with E-state index < -0.39 is 11.2 Å². The molecule has 3 rings (SSSR count). The first-order valence-electron chi connectivity index (χ1n) is 8.95. The molecule has 27 heavy (non-hydrogen) atoms. The molecule has 0 aliphatic rings. The highest BCUT2D eigenvalue weighted by molar-refractivity contribution is 6.47. The summed E-state index contributed by atoms with van der Waals surface area (Å²) in [6, 6.07) is 14.1. The highest BCUT2D eigenvalue weighted by atomic mass is 16.5. The van der Waals surface area contributed by atoms with Crippen molar-refractivity contribution >= 4 is 12.9 Å². The van der Waals surface area contributed by atoms with Crippen LogP contribution in [0.2, 0.25) is 0 Å². The molecule has 0 spiro atoms. The molecule has 0 aliphatic heterocycles. The molecule has 4 nitrogen and oxygen atoms in total. The van der Waals surface area contributed by atoms with E-state index in [9.17, 15) is 5.11 Å². The summed E-state index contributed by atoms with van der Waals surface area (Å²) >= 11 is 0. The summed E-state index contributed by atoms with van der Waals surface area (Å²) in [6.45, 7) is 7.23. The molecule has 0 unspecified atom stereocenters. The van der Waals surface area contributed by atoms with Crippen molar-refractivity contribution in [2.75, 3.05) is 0 Å². The SMILES string of the molecule is CC(C)(O)C(C)(C)O[B]c1cc(-c2cccnc2)cc(-c2cccnc2)c1. The first-order valence-corrected chi connectivity index (χ1v) is 8.95. The topological polar surface area (TPSA) is 55.2 Å². The lowest BCUT2D eigenvalue weighted by Crippen LogP contribution is -2.49. The number of nitrogens with zero attached hydrogens (tertiary/aromatic N) is 2. The van der Waals surface area contributed by atoms with E-state index in [4.69, 9.17) is 4.65 Å². The molecule has 0 atom stereocenters. The Bertz CT molecular complexity index is 833. The number of aliphatic hydroxyl groups is 1. The molecule has 5 heteroatoms. The fourth-order valence-corrected chi connectivity index (χ4v) is 2.48. The third-order valence-corrected chi connectivity index (χ3v) is 4.91. The van der Waals surface area contributed by atoms with Crippen LogP contribution in [0.4, 0.5) is 0 Å². The van der Waals surface area contributed by atoms with E-state index in [1.807, 2.05) is 50.5 Å². The lowest BCUT2D eigenvalue weighted by atomic mass is 9.80. The Kier molecular flexibility index (Phi) is 5.44. The Morgan fingerprint density at radius 1 is 0.815 bits per heavy atom. The van der Waals surface area contributed by atoms with Crippen molar-refractivity contribution in [2.45, 2.75) is 38.9 Å². The molecule has 1 radical (unpaired) electrons. The first-order chi connectivity index (χ1) is 12.8. The van der Waals surface area contributed by atoms with E-state index in [-0.39, 0.29) is 0 Å². The van der Waals surface area contributed by atoms with Crippen molar-refractivity contribution in [1.82, 2.24) is 9.97 Å². The maximum Gasteiger partial charge on any atom is 0.330 e. The molecular formula is C22H24BN2O2. The molecule has 0 saturated carbocycles. The minimum absolute atomic E-state index is 0.730. The molecule has 1 N–H and O–H groups in total. The number of hydrogen-bond donors (Lipinski definition) is 1. The minimum Gasteiger partial charge on any atom is -0.427 e. The minimum atomic E-state index is -0.976. The van der Waals surface area contributed by atoms with Gasteiger partial charge in [-0.2, -0.15) is 0 Å². The van der Waals surface area contributed by atoms with Gasteiger partial charge in [0.05, 0.1) is 11.2 Å². The largest absolute Gasteiger partial charge is 0.427 e. The van der Waals surface area contributed by atoms with E-state index in [0.29, 0.717) is 0 Å². The van der Waals surface area contributed by atoms with Gasteiger partial charge >= 0.3 is 7.48 Å². The van der Waals surface area contributed by atoms with Crippen LogP contribution >= 0.6 is 0 Å². The van der Waals surface area contributed by atoms with Gasteiger partial charge in [-0.1, -0.05) is 29.7 Å². The summed E-state index contributed by atoms with van der Waals surface area (Å²) in [7, 11) is 1.71. The van der Waals surface area contributed by atoms with Crippen LogP contribution in [0.1, 0.15) is 27.7 Å². The highest BCUT2D eigenvalue weighted by Crippen LogP contribution is 2.26. The van der Waals surface area contributed by atoms with Crippen molar-refractivity contribution in [3.8, 4) is 22.3 Å². The van der Waals surface area contributed by atoms with Crippen molar-refractivity contribution in [2.24, 2.45) is 0 Å². The van der Waals surface area contributed by atoms with Gasteiger partial charge in [-0.15, -0.1) is 0 Å². The molecule has 2 aromatic heterocycles. The van der Waals surface area contributed by atoms with Crippen LogP contribution in [-0.2, 0) is 4.65 Å². The highest BCUT2D eigenvalue weighted by Gasteiger charge is 2.35. The van der Waals surface area contributed by atoms with Gasteiger partial charge in [-0.05, 0) is 68.1 Å². The van der Waals surface area contributed by atoms with E-state index in [0.717, 1.165) is 27.7 Å². The smallest absolute Gasteiger partial charge is 0.330 e. The van der Waals surface area contributed by atoms with Crippen LogP contribution in [0.15, 0.2) is 67.3 Å². The van der Waals surface area contributed by atoms with Gasteiger partial charge in [0.25, 0.3) is 0 Å².